The lowest BCUT2D eigenvalue weighted by atomic mass is 9.90. The third-order valence-corrected chi connectivity index (χ3v) is 5.66. The van der Waals surface area contributed by atoms with Gasteiger partial charge in [0.15, 0.2) is 5.78 Å². The largest absolute Gasteiger partial charge is 0.338 e. The van der Waals surface area contributed by atoms with Crippen LogP contribution in [0, 0.1) is 5.41 Å². The lowest BCUT2D eigenvalue weighted by molar-refractivity contribution is 0.0772. The van der Waals surface area contributed by atoms with Crippen molar-refractivity contribution in [1.29, 1.82) is 0 Å². The molecule has 1 atom stereocenters. The lowest BCUT2D eigenvalue weighted by Gasteiger charge is -2.23. The molecule has 1 aliphatic heterocycles. The van der Waals surface area contributed by atoms with Gasteiger partial charge in [-0.05, 0) is 42.6 Å². The third-order valence-electron chi connectivity index (χ3n) is 4.92. The topological polar surface area (TPSA) is 63.4 Å². The highest BCUT2D eigenvalue weighted by Crippen LogP contribution is 2.30. The molecule has 1 aliphatic rings. The maximum Gasteiger partial charge on any atom is 0.254 e. The minimum absolute atomic E-state index is 0.0711. The Kier molecular flexibility index (Phi) is 5.37. The molecule has 136 valence electrons. The quantitative estimate of drug-likeness (QED) is 0.801. The van der Waals surface area contributed by atoms with Crippen LogP contribution in [0.3, 0.4) is 0 Å². The summed E-state index contributed by atoms with van der Waals surface area (Å²) in [5.74, 6) is -0.403. The minimum atomic E-state index is -0.256. The molecule has 0 aromatic heterocycles. The molecular weight excluding hydrogens is 371 g/mol. The van der Waals surface area contributed by atoms with Crippen LogP contribution in [0.1, 0.15) is 39.6 Å². The highest BCUT2D eigenvalue weighted by molar-refractivity contribution is 6.42. The van der Waals surface area contributed by atoms with Gasteiger partial charge in [-0.15, -0.1) is 0 Å². The molecule has 2 aromatic carbocycles. The predicted molar refractivity (Wildman–Crippen MR) is 104 cm³/mol. The minimum Gasteiger partial charge on any atom is -0.338 e. The molecule has 2 N–H and O–H groups in total. The Morgan fingerprint density at radius 1 is 1.12 bits per heavy atom. The van der Waals surface area contributed by atoms with Crippen molar-refractivity contribution in [3.63, 3.8) is 0 Å². The van der Waals surface area contributed by atoms with E-state index in [-0.39, 0.29) is 17.1 Å². The molecule has 1 heterocycles. The fourth-order valence-corrected chi connectivity index (χ4v) is 3.49. The van der Waals surface area contributed by atoms with Gasteiger partial charge in [0.2, 0.25) is 0 Å². The molecule has 0 aliphatic carbocycles. The van der Waals surface area contributed by atoms with Crippen molar-refractivity contribution in [2.45, 2.75) is 13.3 Å². The van der Waals surface area contributed by atoms with E-state index in [4.69, 9.17) is 28.9 Å². The fourth-order valence-electron chi connectivity index (χ4n) is 3.19. The van der Waals surface area contributed by atoms with E-state index in [2.05, 4.69) is 6.92 Å². The Labute approximate surface area is 162 Å². The average molecular weight is 391 g/mol. The molecule has 26 heavy (non-hydrogen) atoms. The number of hydrogen-bond donors (Lipinski definition) is 1. The van der Waals surface area contributed by atoms with Gasteiger partial charge in [-0.3, -0.25) is 9.59 Å². The zero-order valence-corrected chi connectivity index (χ0v) is 16.0. The number of nitrogens with two attached hydrogens (primary N) is 1. The zero-order valence-electron chi connectivity index (χ0n) is 14.5. The van der Waals surface area contributed by atoms with Gasteiger partial charge < -0.3 is 10.6 Å². The van der Waals surface area contributed by atoms with E-state index in [1.54, 1.807) is 41.3 Å². The van der Waals surface area contributed by atoms with Crippen LogP contribution in [0.5, 0.6) is 0 Å². The summed E-state index contributed by atoms with van der Waals surface area (Å²) < 4.78 is 0. The van der Waals surface area contributed by atoms with E-state index in [0.717, 1.165) is 6.42 Å². The van der Waals surface area contributed by atoms with Gasteiger partial charge in [0.1, 0.15) is 0 Å². The molecular formula is C20H20Cl2N2O2. The first-order chi connectivity index (χ1) is 12.3. The first-order valence-corrected chi connectivity index (χ1v) is 9.18. The van der Waals surface area contributed by atoms with Crippen LogP contribution in [-0.2, 0) is 0 Å². The molecule has 1 saturated heterocycles. The van der Waals surface area contributed by atoms with Crippen molar-refractivity contribution in [2.75, 3.05) is 19.6 Å². The number of benzene rings is 2. The standard InChI is InChI=1S/C20H20Cl2N2O2/c1-20(11-23)8-9-24(12-20)19(26)15-5-3-2-4-14(15)18(25)13-6-7-16(21)17(22)10-13/h2-7,10H,8-9,11-12,23H2,1H3. The van der Waals surface area contributed by atoms with Gasteiger partial charge >= 0.3 is 0 Å². The number of likely N-dealkylation sites (tertiary alicyclic amines) is 1. The van der Waals surface area contributed by atoms with Crippen molar-refractivity contribution >= 4 is 34.9 Å². The second-order valence-corrected chi connectivity index (χ2v) is 7.81. The Morgan fingerprint density at radius 2 is 1.81 bits per heavy atom. The zero-order chi connectivity index (χ0) is 18.9. The molecule has 0 spiro atoms. The summed E-state index contributed by atoms with van der Waals surface area (Å²) in [6.45, 7) is 3.84. The monoisotopic (exact) mass is 390 g/mol. The first-order valence-electron chi connectivity index (χ1n) is 8.43. The SMILES string of the molecule is CC1(CN)CCN(C(=O)c2ccccc2C(=O)c2ccc(Cl)c(Cl)c2)C1. The van der Waals surface area contributed by atoms with Crippen LogP contribution in [0.25, 0.3) is 0 Å². The molecule has 1 fully saturated rings. The first kappa shape index (κ1) is 18.9. The Morgan fingerprint density at radius 3 is 2.42 bits per heavy atom. The van der Waals surface area contributed by atoms with Crippen molar-refractivity contribution < 1.29 is 9.59 Å². The average Bonchev–Trinajstić information content (AvgIpc) is 3.06. The van der Waals surface area contributed by atoms with Crippen molar-refractivity contribution in [2.24, 2.45) is 11.1 Å². The second kappa shape index (κ2) is 7.39. The summed E-state index contributed by atoms with van der Waals surface area (Å²) in [5, 5.41) is 0.685. The van der Waals surface area contributed by atoms with Crippen molar-refractivity contribution in [3.05, 3.63) is 69.2 Å². The Balaban J connectivity index is 1.92. The summed E-state index contributed by atoms with van der Waals surface area (Å²) in [6, 6.07) is 11.6. The molecule has 6 heteroatoms. The summed E-state index contributed by atoms with van der Waals surface area (Å²) in [5.41, 5.74) is 6.91. The van der Waals surface area contributed by atoms with Crippen LogP contribution >= 0.6 is 23.2 Å². The van der Waals surface area contributed by atoms with Crippen molar-refractivity contribution in [1.82, 2.24) is 4.90 Å². The predicted octanol–water partition coefficient (Wildman–Crippen LogP) is 4.04. The van der Waals surface area contributed by atoms with Crippen LogP contribution in [-0.4, -0.2) is 36.2 Å². The van der Waals surface area contributed by atoms with Gasteiger partial charge in [-0.2, -0.15) is 0 Å². The second-order valence-electron chi connectivity index (χ2n) is 7.00. The van der Waals surface area contributed by atoms with E-state index in [9.17, 15) is 9.59 Å². The Hall–Kier alpha value is -1.88. The number of ketones is 1. The molecule has 0 saturated carbocycles. The molecule has 1 amide bonds. The van der Waals surface area contributed by atoms with E-state index in [0.29, 0.717) is 46.4 Å². The smallest absolute Gasteiger partial charge is 0.254 e. The van der Waals surface area contributed by atoms with Gasteiger partial charge in [0.05, 0.1) is 15.6 Å². The molecule has 1 unspecified atom stereocenters. The number of amides is 1. The number of halogens is 2. The van der Waals surface area contributed by atoms with Crippen LogP contribution in [0.2, 0.25) is 10.0 Å². The summed E-state index contributed by atoms with van der Waals surface area (Å²) in [6.07, 6.45) is 0.859. The van der Waals surface area contributed by atoms with Gasteiger partial charge in [-0.1, -0.05) is 48.3 Å². The number of carbonyl (C=O) groups excluding carboxylic acids is 2. The lowest BCUT2D eigenvalue weighted by Crippen LogP contribution is -2.35. The number of rotatable bonds is 4. The maximum absolute atomic E-state index is 13.0. The van der Waals surface area contributed by atoms with Crippen LogP contribution < -0.4 is 5.73 Å². The summed E-state index contributed by atoms with van der Waals surface area (Å²) in [7, 11) is 0. The summed E-state index contributed by atoms with van der Waals surface area (Å²) >= 11 is 12.0. The highest BCUT2D eigenvalue weighted by atomic mass is 35.5. The molecule has 3 rings (SSSR count). The normalized spacial score (nSPS) is 19.6. The van der Waals surface area contributed by atoms with Gasteiger partial charge in [-0.25, -0.2) is 0 Å². The molecule has 0 bridgehead atoms. The Bertz CT molecular complexity index is 869. The van der Waals surface area contributed by atoms with Crippen molar-refractivity contribution in [3.8, 4) is 0 Å². The fraction of sp³-hybridized carbons (Fsp3) is 0.300. The highest BCUT2D eigenvalue weighted by Gasteiger charge is 2.36. The van der Waals surface area contributed by atoms with E-state index in [1.165, 1.54) is 6.07 Å². The molecule has 4 nitrogen and oxygen atoms in total. The maximum atomic E-state index is 13.0. The van der Waals surface area contributed by atoms with Crippen LogP contribution in [0.15, 0.2) is 42.5 Å². The number of nitrogens with zero attached hydrogens (tertiary/aromatic N) is 1. The molecule has 0 radical (unpaired) electrons. The molecule has 2 aromatic rings. The van der Waals surface area contributed by atoms with E-state index < -0.39 is 0 Å². The van der Waals surface area contributed by atoms with Gasteiger partial charge in [0.25, 0.3) is 5.91 Å². The number of carbonyl (C=O) groups is 2. The summed E-state index contributed by atoms with van der Waals surface area (Å²) in [4.78, 5) is 27.7. The van der Waals surface area contributed by atoms with E-state index >= 15 is 0 Å². The number of hydrogen-bond acceptors (Lipinski definition) is 3. The van der Waals surface area contributed by atoms with Crippen LogP contribution in [0.4, 0.5) is 0 Å². The van der Waals surface area contributed by atoms with E-state index in [1.807, 2.05) is 0 Å². The third kappa shape index (κ3) is 3.63. The van der Waals surface area contributed by atoms with Gasteiger partial charge in [0, 0.05) is 24.2 Å².